The normalized spacial score (nSPS) is 17.9. The van der Waals surface area contributed by atoms with Crippen molar-refractivity contribution in [3.05, 3.63) is 10.6 Å². The molecule has 1 atom stereocenters. The van der Waals surface area contributed by atoms with E-state index >= 15 is 0 Å². The molecule has 1 aliphatic carbocycles. The van der Waals surface area contributed by atoms with Gasteiger partial charge in [0, 0.05) is 4.88 Å². The fourth-order valence-electron chi connectivity index (χ4n) is 1.64. The topological polar surface area (TPSA) is 68.0 Å². The van der Waals surface area contributed by atoms with Crippen molar-refractivity contribution in [2.75, 3.05) is 5.32 Å². The van der Waals surface area contributed by atoms with Crippen molar-refractivity contribution in [1.29, 1.82) is 0 Å². The number of nitrogens with two attached hydrogens (primary N) is 1. The second kappa shape index (κ2) is 4.14. The molecule has 0 saturated carbocycles. The molecule has 0 spiro atoms. The number of aryl methyl sites for hydroxylation is 2. The predicted molar refractivity (Wildman–Crippen MR) is 65.7 cm³/mol. The SMILES string of the molecule is CCC(C)(N)C(=O)Nc1nc2c(s1)CCC2. The standard InChI is InChI=1S/C11H17N3OS/c1-3-11(2,12)9(15)14-10-13-7-5-4-6-8(7)16-10/h3-6,12H2,1-2H3,(H,13,14,15). The number of carbonyl (C=O) groups excluding carboxylic acids is 1. The molecule has 5 heteroatoms. The minimum absolute atomic E-state index is 0.151. The zero-order chi connectivity index (χ0) is 11.8. The lowest BCUT2D eigenvalue weighted by Gasteiger charge is -2.20. The molecule has 3 N–H and O–H groups in total. The third kappa shape index (κ3) is 2.10. The van der Waals surface area contributed by atoms with E-state index in [0.717, 1.165) is 18.5 Å². The fraction of sp³-hybridized carbons (Fsp3) is 0.636. The summed E-state index contributed by atoms with van der Waals surface area (Å²) in [4.78, 5) is 17.5. The summed E-state index contributed by atoms with van der Waals surface area (Å²) in [7, 11) is 0. The van der Waals surface area contributed by atoms with Crippen molar-refractivity contribution in [1.82, 2.24) is 4.98 Å². The molecule has 0 bridgehead atoms. The van der Waals surface area contributed by atoms with E-state index in [4.69, 9.17) is 5.73 Å². The largest absolute Gasteiger partial charge is 0.318 e. The highest BCUT2D eigenvalue weighted by atomic mass is 32.1. The number of aromatic nitrogens is 1. The molecule has 0 aliphatic heterocycles. The van der Waals surface area contributed by atoms with Crippen molar-refractivity contribution < 1.29 is 4.79 Å². The molecule has 1 aromatic heterocycles. The number of nitrogens with one attached hydrogen (secondary N) is 1. The summed E-state index contributed by atoms with van der Waals surface area (Å²) in [5.41, 5.74) is 6.20. The molecule has 0 radical (unpaired) electrons. The van der Waals surface area contributed by atoms with Gasteiger partial charge in [-0.2, -0.15) is 0 Å². The third-order valence-electron chi connectivity index (χ3n) is 3.07. The van der Waals surface area contributed by atoms with Crippen LogP contribution in [-0.2, 0) is 17.6 Å². The van der Waals surface area contributed by atoms with Gasteiger partial charge in [-0.3, -0.25) is 4.79 Å². The fourth-order valence-corrected chi connectivity index (χ4v) is 2.69. The number of carbonyl (C=O) groups is 1. The van der Waals surface area contributed by atoms with Gasteiger partial charge in [0.15, 0.2) is 5.13 Å². The van der Waals surface area contributed by atoms with Gasteiger partial charge in [0.25, 0.3) is 0 Å². The van der Waals surface area contributed by atoms with Crippen LogP contribution in [0.15, 0.2) is 0 Å². The number of hydrogen-bond acceptors (Lipinski definition) is 4. The van der Waals surface area contributed by atoms with Crippen LogP contribution in [0.3, 0.4) is 0 Å². The first-order valence-corrected chi connectivity index (χ1v) is 6.43. The first kappa shape index (κ1) is 11.5. The second-order valence-corrected chi connectivity index (χ2v) is 5.55. The number of fused-ring (bicyclic) bond motifs is 1. The van der Waals surface area contributed by atoms with Gasteiger partial charge in [0.2, 0.25) is 5.91 Å². The van der Waals surface area contributed by atoms with Crippen LogP contribution in [-0.4, -0.2) is 16.4 Å². The summed E-state index contributed by atoms with van der Waals surface area (Å²) >= 11 is 1.58. The summed E-state index contributed by atoms with van der Waals surface area (Å²) < 4.78 is 0. The van der Waals surface area contributed by atoms with Gasteiger partial charge in [-0.15, -0.1) is 11.3 Å². The van der Waals surface area contributed by atoms with Crippen LogP contribution in [0.4, 0.5) is 5.13 Å². The number of amides is 1. The van der Waals surface area contributed by atoms with Gasteiger partial charge in [0.05, 0.1) is 11.2 Å². The number of anilines is 1. The summed E-state index contributed by atoms with van der Waals surface area (Å²) in [5, 5.41) is 3.50. The maximum Gasteiger partial charge on any atom is 0.245 e. The Morgan fingerprint density at radius 2 is 2.38 bits per heavy atom. The first-order chi connectivity index (χ1) is 7.53. The Balaban J connectivity index is 2.07. The minimum atomic E-state index is -0.809. The smallest absolute Gasteiger partial charge is 0.245 e. The Morgan fingerprint density at radius 3 is 3.00 bits per heavy atom. The van der Waals surface area contributed by atoms with E-state index in [9.17, 15) is 4.79 Å². The Hall–Kier alpha value is -0.940. The summed E-state index contributed by atoms with van der Waals surface area (Å²) in [6.45, 7) is 3.64. The molecule has 16 heavy (non-hydrogen) atoms. The number of rotatable bonds is 3. The van der Waals surface area contributed by atoms with Crippen LogP contribution in [0.2, 0.25) is 0 Å². The lowest BCUT2D eigenvalue weighted by Crippen LogP contribution is -2.47. The van der Waals surface area contributed by atoms with Gasteiger partial charge < -0.3 is 11.1 Å². The van der Waals surface area contributed by atoms with Gasteiger partial charge >= 0.3 is 0 Å². The molecule has 0 fully saturated rings. The zero-order valence-corrected chi connectivity index (χ0v) is 10.5. The maximum atomic E-state index is 11.8. The highest BCUT2D eigenvalue weighted by molar-refractivity contribution is 7.15. The Kier molecular flexibility index (Phi) is 2.99. The minimum Gasteiger partial charge on any atom is -0.318 e. The third-order valence-corrected chi connectivity index (χ3v) is 4.14. The van der Waals surface area contributed by atoms with Crippen LogP contribution in [0.5, 0.6) is 0 Å². The molecule has 4 nitrogen and oxygen atoms in total. The maximum absolute atomic E-state index is 11.8. The molecular formula is C11H17N3OS. The van der Waals surface area contributed by atoms with Crippen molar-refractivity contribution in [2.45, 2.75) is 45.1 Å². The second-order valence-electron chi connectivity index (χ2n) is 4.47. The van der Waals surface area contributed by atoms with E-state index < -0.39 is 5.54 Å². The molecule has 0 saturated heterocycles. The van der Waals surface area contributed by atoms with Crippen molar-refractivity contribution in [3.8, 4) is 0 Å². The molecule has 0 aromatic carbocycles. The summed E-state index contributed by atoms with van der Waals surface area (Å²) in [6, 6.07) is 0. The first-order valence-electron chi connectivity index (χ1n) is 5.62. The molecule has 1 aromatic rings. The molecule has 88 valence electrons. The number of nitrogens with zero attached hydrogens (tertiary/aromatic N) is 1. The van der Waals surface area contributed by atoms with Crippen LogP contribution in [0.25, 0.3) is 0 Å². The van der Waals surface area contributed by atoms with Crippen LogP contribution in [0.1, 0.15) is 37.3 Å². The molecule has 1 aliphatic rings. The van der Waals surface area contributed by atoms with Gasteiger partial charge in [-0.05, 0) is 32.6 Å². The quantitative estimate of drug-likeness (QED) is 0.843. The Morgan fingerprint density at radius 1 is 1.62 bits per heavy atom. The Labute approximate surface area is 99.3 Å². The summed E-state index contributed by atoms with van der Waals surface area (Å²) in [6.07, 6.45) is 3.93. The average molecular weight is 239 g/mol. The Bertz CT molecular complexity index is 390. The molecule has 1 unspecified atom stereocenters. The van der Waals surface area contributed by atoms with Crippen molar-refractivity contribution in [2.24, 2.45) is 5.73 Å². The lowest BCUT2D eigenvalue weighted by molar-refractivity contribution is -0.120. The zero-order valence-electron chi connectivity index (χ0n) is 9.67. The van der Waals surface area contributed by atoms with Crippen LogP contribution < -0.4 is 11.1 Å². The lowest BCUT2D eigenvalue weighted by atomic mass is 10.00. The van der Waals surface area contributed by atoms with E-state index in [2.05, 4.69) is 10.3 Å². The molecular weight excluding hydrogens is 222 g/mol. The van der Waals surface area contributed by atoms with E-state index in [0.29, 0.717) is 11.6 Å². The van der Waals surface area contributed by atoms with E-state index in [1.54, 1.807) is 18.3 Å². The highest BCUT2D eigenvalue weighted by Gasteiger charge is 2.27. The number of hydrogen-bond donors (Lipinski definition) is 2. The molecule has 1 amide bonds. The van der Waals surface area contributed by atoms with E-state index in [1.165, 1.54) is 11.3 Å². The van der Waals surface area contributed by atoms with Crippen LogP contribution in [0, 0.1) is 0 Å². The van der Waals surface area contributed by atoms with Gasteiger partial charge in [-0.1, -0.05) is 6.92 Å². The molecule has 2 rings (SSSR count). The van der Waals surface area contributed by atoms with Crippen molar-refractivity contribution >= 4 is 22.4 Å². The summed E-state index contributed by atoms with van der Waals surface area (Å²) in [5.74, 6) is -0.151. The average Bonchev–Trinajstić information content (AvgIpc) is 2.77. The number of thiazole rings is 1. The van der Waals surface area contributed by atoms with Crippen LogP contribution >= 0.6 is 11.3 Å². The van der Waals surface area contributed by atoms with Crippen molar-refractivity contribution in [3.63, 3.8) is 0 Å². The molecule has 1 heterocycles. The van der Waals surface area contributed by atoms with Gasteiger partial charge in [-0.25, -0.2) is 4.98 Å². The van der Waals surface area contributed by atoms with Gasteiger partial charge in [0.1, 0.15) is 0 Å². The van der Waals surface area contributed by atoms with E-state index in [1.807, 2.05) is 6.92 Å². The monoisotopic (exact) mass is 239 g/mol. The predicted octanol–water partition coefficient (Wildman–Crippen LogP) is 1.70. The highest BCUT2D eigenvalue weighted by Crippen LogP contribution is 2.30. The van der Waals surface area contributed by atoms with E-state index in [-0.39, 0.29) is 5.91 Å².